The number of likely N-dealkylation sites (tertiary alicyclic amines) is 1. The van der Waals surface area contributed by atoms with Crippen LogP contribution in [0.5, 0.6) is 6.01 Å². The van der Waals surface area contributed by atoms with Gasteiger partial charge in [-0.1, -0.05) is 0 Å². The second-order valence-electron chi connectivity index (χ2n) is 6.66. The third-order valence-corrected chi connectivity index (χ3v) is 5.35. The maximum atomic E-state index is 12.4. The molecule has 2 fully saturated rings. The smallest absolute Gasteiger partial charge is 0.316 e. The number of carbonyl (C=O) groups excluding carboxylic acids is 1. The predicted molar refractivity (Wildman–Crippen MR) is 91.9 cm³/mol. The summed E-state index contributed by atoms with van der Waals surface area (Å²) in [6.45, 7) is 5.59. The maximum Gasteiger partial charge on any atom is 0.316 e. The topological polar surface area (TPSA) is 77.4 Å². The Morgan fingerprint density at radius 1 is 1.40 bits per heavy atom. The van der Waals surface area contributed by atoms with Crippen molar-refractivity contribution in [2.75, 3.05) is 19.7 Å². The summed E-state index contributed by atoms with van der Waals surface area (Å²) in [4.78, 5) is 27.0. The van der Waals surface area contributed by atoms with Crippen molar-refractivity contribution in [1.29, 1.82) is 0 Å². The van der Waals surface area contributed by atoms with Crippen LogP contribution in [0.4, 0.5) is 0 Å². The molecule has 1 amide bonds. The summed E-state index contributed by atoms with van der Waals surface area (Å²) in [5.41, 5.74) is 1.09. The van der Waals surface area contributed by atoms with Crippen molar-refractivity contribution in [3.8, 4) is 6.01 Å². The van der Waals surface area contributed by atoms with Gasteiger partial charge in [0.25, 0.3) is 5.91 Å². The van der Waals surface area contributed by atoms with Crippen molar-refractivity contribution in [3.63, 3.8) is 0 Å². The third-order valence-electron chi connectivity index (χ3n) is 4.58. The largest absolute Gasteiger partial charge is 0.460 e. The molecule has 1 atom stereocenters. The highest BCUT2D eigenvalue weighted by Gasteiger charge is 2.50. The lowest BCUT2D eigenvalue weighted by Crippen LogP contribution is -2.67. The molecule has 0 saturated carbocycles. The third kappa shape index (κ3) is 3.36. The number of aromatic nitrogens is 3. The van der Waals surface area contributed by atoms with E-state index < -0.39 is 0 Å². The van der Waals surface area contributed by atoms with Crippen LogP contribution in [0.1, 0.15) is 34.0 Å². The normalized spacial score (nSPS) is 21.8. The molecule has 0 radical (unpaired) electrons. The molecule has 1 spiro atoms. The fraction of sp³-hybridized carbons (Fsp3) is 0.529. The molecule has 2 aromatic heterocycles. The monoisotopic (exact) mass is 360 g/mol. The summed E-state index contributed by atoms with van der Waals surface area (Å²) in [6, 6.07) is 2.25. The highest BCUT2D eigenvalue weighted by molar-refractivity contribution is 7.09. The van der Waals surface area contributed by atoms with Crippen LogP contribution < -0.4 is 4.74 Å². The predicted octanol–water partition coefficient (Wildman–Crippen LogP) is 2.00. The van der Waals surface area contributed by atoms with Crippen LogP contribution >= 0.6 is 11.3 Å². The number of rotatable bonds is 3. The molecule has 0 bridgehead atoms. The van der Waals surface area contributed by atoms with E-state index >= 15 is 0 Å². The Morgan fingerprint density at radius 2 is 2.24 bits per heavy atom. The minimum atomic E-state index is -0.312. The second kappa shape index (κ2) is 6.34. The quantitative estimate of drug-likeness (QED) is 0.833. The van der Waals surface area contributed by atoms with Crippen LogP contribution in [0, 0.1) is 13.8 Å². The first-order valence-corrected chi connectivity index (χ1v) is 9.23. The van der Waals surface area contributed by atoms with E-state index in [1.807, 2.05) is 25.3 Å². The number of thiazole rings is 1. The Morgan fingerprint density at radius 3 is 2.96 bits per heavy atom. The molecule has 4 heterocycles. The zero-order chi connectivity index (χ0) is 17.4. The molecule has 0 aliphatic carbocycles. The molecule has 7 nitrogen and oxygen atoms in total. The van der Waals surface area contributed by atoms with Crippen molar-refractivity contribution in [1.82, 2.24) is 19.9 Å². The molecule has 25 heavy (non-hydrogen) atoms. The average Bonchev–Trinajstić information content (AvgIpc) is 2.99. The first kappa shape index (κ1) is 16.4. The first-order chi connectivity index (χ1) is 12.0. The summed E-state index contributed by atoms with van der Waals surface area (Å²) in [6.07, 6.45) is 3.25. The Labute approximate surface area is 150 Å². The molecule has 2 aliphatic rings. The van der Waals surface area contributed by atoms with Gasteiger partial charge in [0.2, 0.25) is 0 Å². The van der Waals surface area contributed by atoms with E-state index in [1.54, 1.807) is 11.1 Å². The lowest BCUT2D eigenvalue weighted by atomic mass is 9.84. The van der Waals surface area contributed by atoms with E-state index in [-0.39, 0.29) is 17.6 Å². The van der Waals surface area contributed by atoms with Gasteiger partial charge in [0.15, 0.2) is 0 Å². The summed E-state index contributed by atoms with van der Waals surface area (Å²) in [7, 11) is 0. The zero-order valence-corrected chi connectivity index (χ0v) is 15.1. The molecule has 0 unspecified atom stereocenters. The summed E-state index contributed by atoms with van der Waals surface area (Å²) >= 11 is 1.49. The molecule has 8 heteroatoms. The molecule has 2 saturated heterocycles. The van der Waals surface area contributed by atoms with Gasteiger partial charge in [-0.3, -0.25) is 4.79 Å². The number of ether oxygens (including phenoxy) is 2. The molecular formula is C17H20N4O3S. The van der Waals surface area contributed by atoms with E-state index in [9.17, 15) is 4.79 Å². The number of hydrogen-bond acceptors (Lipinski definition) is 7. The van der Waals surface area contributed by atoms with Crippen molar-refractivity contribution < 1.29 is 14.3 Å². The summed E-state index contributed by atoms with van der Waals surface area (Å²) < 4.78 is 11.9. The zero-order valence-electron chi connectivity index (χ0n) is 14.3. The fourth-order valence-corrected chi connectivity index (χ4v) is 3.94. The minimum absolute atomic E-state index is 0.00863. The SMILES string of the molecule is Cc1ccnc(O[C@@H]2CCOC3(C2)CN(C(=O)c2csc(C)n2)C3)n1. The van der Waals surface area contributed by atoms with Crippen LogP contribution in [-0.4, -0.2) is 57.2 Å². The van der Waals surface area contributed by atoms with Crippen molar-refractivity contribution in [3.05, 3.63) is 34.0 Å². The van der Waals surface area contributed by atoms with Gasteiger partial charge in [0.1, 0.15) is 17.4 Å². The molecule has 0 aromatic carbocycles. The van der Waals surface area contributed by atoms with Crippen molar-refractivity contribution in [2.45, 2.75) is 38.4 Å². The van der Waals surface area contributed by atoms with E-state index in [0.717, 1.165) is 23.5 Å². The molecule has 4 rings (SSSR count). The molecule has 0 N–H and O–H groups in total. The number of hydrogen-bond donors (Lipinski definition) is 0. The van der Waals surface area contributed by atoms with Crippen LogP contribution in [0.25, 0.3) is 0 Å². The van der Waals surface area contributed by atoms with E-state index in [2.05, 4.69) is 15.0 Å². The summed E-state index contributed by atoms with van der Waals surface area (Å²) in [5.74, 6) is -0.0244. The van der Waals surface area contributed by atoms with Crippen molar-refractivity contribution >= 4 is 17.2 Å². The van der Waals surface area contributed by atoms with Gasteiger partial charge >= 0.3 is 6.01 Å². The Bertz CT molecular complexity index is 788. The Balaban J connectivity index is 1.37. The second-order valence-corrected chi connectivity index (χ2v) is 7.72. The number of aryl methyl sites for hydroxylation is 2. The van der Waals surface area contributed by atoms with Gasteiger partial charge < -0.3 is 14.4 Å². The molecule has 2 aromatic rings. The lowest BCUT2D eigenvalue weighted by molar-refractivity contribution is -0.174. The maximum absolute atomic E-state index is 12.4. The molecular weight excluding hydrogens is 340 g/mol. The molecule has 132 valence electrons. The number of amides is 1. The van der Waals surface area contributed by atoms with Gasteiger partial charge in [0.05, 0.1) is 24.7 Å². The van der Waals surface area contributed by atoms with E-state index in [0.29, 0.717) is 31.4 Å². The highest BCUT2D eigenvalue weighted by atomic mass is 32.1. The van der Waals surface area contributed by atoms with Crippen molar-refractivity contribution in [2.24, 2.45) is 0 Å². The van der Waals surface area contributed by atoms with Gasteiger partial charge in [-0.2, -0.15) is 0 Å². The van der Waals surface area contributed by atoms with Gasteiger partial charge in [-0.15, -0.1) is 11.3 Å². The van der Waals surface area contributed by atoms with Gasteiger partial charge in [-0.05, 0) is 19.9 Å². The standard InChI is InChI=1S/C17H20N4O3S/c1-11-3-5-18-16(19-11)24-13-4-6-23-17(7-13)9-21(10-17)15(22)14-8-25-12(2)20-14/h3,5,8,13H,4,6-7,9-10H2,1-2H3/t13-/m1/s1. The van der Waals surface area contributed by atoms with E-state index in [1.165, 1.54) is 11.3 Å². The number of carbonyl (C=O) groups is 1. The number of nitrogens with zero attached hydrogens (tertiary/aromatic N) is 4. The van der Waals surface area contributed by atoms with E-state index in [4.69, 9.17) is 9.47 Å². The van der Waals surface area contributed by atoms with Gasteiger partial charge in [0, 0.05) is 30.1 Å². The highest BCUT2D eigenvalue weighted by Crippen LogP contribution is 2.36. The van der Waals surface area contributed by atoms with Crippen LogP contribution in [0.15, 0.2) is 17.6 Å². The summed E-state index contributed by atoms with van der Waals surface area (Å²) in [5, 5.41) is 2.71. The first-order valence-electron chi connectivity index (χ1n) is 8.35. The van der Waals surface area contributed by atoms with Gasteiger partial charge in [-0.25, -0.2) is 15.0 Å². The minimum Gasteiger partial charge on any atom is -0.460 e. The Kier molecular flexibility index (Phi) is 4.16. The van der Waals surface area contributed by atoms with Crippen LogP contribution in [0.3, 0.4) is 0 Å². The fourth-order valence-electron chi connectivity index (χ4n) is 3.35. The molecule has 2 aliphatic heterocycles. The van der Waals surface area contributed by atoms with Crippen LogP contribution in [0.2, 0.25) is 0 Å². The Hall–Kier alpha value is -2.06. The van der Waals surface area contributed by atoms with Crippen LogP contribution in [-0.2, 0) is 4.74 Å². The lowest BCUT2D eigenvalue weighted by Gasteiger charge is -2.52. The average molecular weight is 360 g/mol.